The maximum absolute atomic E-state index is 2.41. The van der Waals surface area contributed by atoms with Gasteiger partial charge in [-0.05, 0) is 80.1 Å². The molecular weight excluding hydrogens is 518 g/mol. The molecule has 0 spiro atoms. The van der Waals surface area contributed by atoms with Crippen LogP contribution in [0.1, 0.15) is 38.8 Å². The molecule has 0 fully saturated rings. The summed E-state index contributed by atoms with van der Waals surface area (Å²) in [6.45, 7) is 9.60. The SMILES string of the molecule is CC1(C)c2ccccc2-c2c(-c3ccccc3N(c3ccccc3)c3cccc(-c4ccccc4)c3)cccc2C1(C)C. The van der Waals surface area contributed by atoms with Crippen molar-refractivity contribution in [3.05, 3.63) is 163 Å². The Morgan fingerprint density at radius 1 is 0.395 bits per heavy atom. The average molecular weight is 556 g/mol. The summed E-state index contributed by atoms with van der Waals surface area (Å²) >= 11 is 0. The van der Waals surface area contributed by atoms with Crippen molar-refractivity contribution in [2.45, 2.75) is 38.5 Å². The highest BCUT2D eigenvalue weighted by Crippen LogP contribution is 2.56. The van der Waals surface area contributed by atoms with Crippen LogP contribution in [0.2, 0.25) is 0 Å². The predicted molar refractivity (Wildman–Crippen MR) is 183 cm³/mol. The third-order valence-electron chi connectivity index (χ3n) is 9.83. The molecule has 0 heterocycles. The van der Waals surface area contributed by atoms with Gasteiger partial charge in [-0.1, -0.05) is 149 Å². The number of anilines is 3. The molecule has 0 unspecified atom stereocenters. The normalized spacial score (nSPS) is 14.4. The third kappa shape index (κ3) is 4.39. The maximum Gasteiger partial charge on any atom is 0.0540 e. The molecular formula is C42H37N. The maximum atomic E-state index is 2.41. The Morgan fingerprint density at radius 2 is 0.907 bits per heavy atom. The fraction of sp³-hybridized carbons (Fsp3) is 0.143. The summed E-state index contributed by atoms with van der Waals surface area (Å²) in [4.78, 5) is 2.41. The standard InChI is InChI=1S/C42H37N/c1-41(2)37-26-13-11-24-36(37)40-35(25-16-27-38(40)42(41,3)4)34-23-12-14-28-39(34)43(32-20-9-6-10-21-32)33-22-15-19-31(29-33)30-17-7-5-8-18-30/h5-29H,1-4H3. The monoisotopic (exact) mass is 555 g/mol. The highest BCUT2D eigenvalue weighted by molar-refractivity contribution is 5.97. The molecule has 43 heavy (non-hydrogen) atoms. The smallest absolute Gasteiger partial charge is 0.0540 e. The van der Waals surface area contributed by atoms with Crippen LogP contribution in [0.5, 0.6) is 0 Å². The molecule has 0 N–H and O–H groups in total. The predicted octanol–water partition coefficient (Wildman–Crippen LogP) is 11.7. The summed E-state index contributed by atoms with van der Waals surface area (Å²) in [6, 6.07) is 55.1. The molecule has 0 radical (unpaired) electrons. The van der Waals surface area contributed by atoms with E-state index in [0.717, 1.165) is 17.1 Å². The van der Waals surface area contributed by atoms with E-state index < -0.39 is 0 Å². The first-order valence-electron chi connectivity index (χ1n) is 15.2. The van der Waals surface area contributed by atoms with Crippen molar-refractivity contribution in [1.29, 1.82) is 0 Å². The number of benzene rings is 6. The Bertz CT molecular complexity index is 1910. The van der Waals surface area contributed by atoms with Crippen LogP contribution in [0.15, 0.2) is 152 Å². The number of rotatable bonds is 5. The molecule has 0 aliphatic heterocycles. The van der Waals surface area contributed by atoms with Gasteiger partial charge in [0.2, 0.25) is 0 Å². The Morgan fingerprint density at radius 3 is 1.67 bits per heavy atom. The lowest BCUT2D eigenvalue weighted by molar-refractivity contribution is 0.299. The molecule has 1 heteroatoms. The number of fused-ring (bicyclic) bond motifs is 3. The van der Waals surface area contributed by atoms with Gasteiger partial charge in [-0.25, -0.2) is 0 Å². The average Bonchev–Trinajstić information content (AvgIpc) is 3.05. The molecule has 210 valence electrons. The molecule has 0 saturated carbocycles. The van der Waals surface area contributed by atoms with Crippen LogP contribution in [-0.2, 0) is 10.8 Å². The Hall–Kier alpha value is -4.88. The van der Waals surface area contributed by atoms with Gasteiger partial charge in [0.1, 0.15) is 0 Å². The second-order valence-electron chi connectivity index (χ2n) is 12.6. The minimum Gasteiger partial charge on any atom is -0.310 e. The molecule has 0 aromatic heterocycles. The molecule has 1 aliphatic carbocycles. The number of nitrogens with zero attached hydrogens (tertiary/aromatic N) is 1. The summed E-state index contributed by atoms with van der Waals surface area (Å²) in [7, 11) is 0. The van der Waals surface area contributed by atoms with Gasteiger partial charge in [-0.2, -0.15) is 0 Å². The van der Waals surface area contributed by atoms with E-state index >= 15 is 0 Å². The van der Waals surface area contributed by atoms with Gasteiger partial charge in [-0.15, -0.1) is 0 Å². The van der Waals surface area contributed by atoms with Crippen LogP contribution in [0.25, 0.3) is 33.4 Å². The molecule has 7 rings (SSSR count). The first kappa shape index (κ1) is 27.0. The molecule has 0 amide bonds. The molecule has 0 saturated heterocycles. The molecule has 6 aromatic carbocycles. The quantitative estimate of drug-likeness (QED) is 0.204. The number of hydrogen-bond donors (Lipinski definition) is 0. The highest BCUT2D eigenvalue weighted by Gasteiger charge is 2.46. The van der Waals surface area contributed by atoms with Gasteiger partial charge in [0.15, 0.2) is 0 Å². The van der Waals surface area contributed by atoms with E-state index in [1.807, 2.05) is 0 Å². The van der Waals surface area contributed by atoms with E-state index in [9.17, 15) is 0 Å². The van der Waals surface area contributed by atoms with Crippen LogP contribution in [0.3, 0.4) is 0 Å². The van der Waals surface area contributed by atoms with E-state index in [1.165, 1.54) is 44.5 Å². The van der Waals surface area contributed by atoms with Crippen molar-refractivity contribution in [2.75, 3.05) is 4.90 Å². The molecule has 6 aromatic rings. The van der Waals surface area contributed by atoms with Crippen molar-refractivity contribution in [3.8, 4) is 33.4 Å². The largest absolute Gasteiger partial charge is 0.310 e. The topological polar surface area (TPSA) is 3.24 Å². The highest BCUT2D eigenvalue weighted by atomic mass is 15.1. The van der Waals surface area contributed by atoms with E-state index in [1.54, 1.807) is 0 Å². The molecule has 1 nitrogen and oxygen atoms in total. The van der Waals surface area contributed by atoms with Crippen LogP contribution in [0.4, 0.5) is 17.1 Å². The number of hydrogen-bond acceptors (Lipinski definition) is 1. The zero-order chi connectivity index (χ0) is 29.6. The minimum atomic E-state index is -0.0508. The van der Waals surface area contributed by atoms with Crippen molar-refractivity contribution < 1.29 is 0 Å². The lowest BCUT2D eigenvalue weighted by Gasteiger charge is -2.49. The molecule has 0 bridgehead atoms. The molecule has 1 aliphatic rings. The summed E-state index contributed by atoms with van der Waals surface area (Å²) < 4.78 is 0. The third-order valence-corrected chi connectivity index (χ3v) is 9.83. The van der Waals surface area contributed by atoms with Crippen molar-refractivity contribution in [1.82, 2.24) is 0 Å². The summed E-state index contributed by atoms with van der Waals surface area (Å²) in [6.07, 6.45) is 0. The van der Waals surface area contributed by atoms with Gasteiger partial charge < -0.3 is 4.90 Å². The second kappa shape index (κ2) is 10.4. The Labute approximate surface area is 256 Å². The van der Waals surface area contributed by atoms with Gasteiger partial charge in [0.25, 0.3) is 0 Å². The Kier molecular flexibility index (Phi) is 6.55. The molecule has 0 atom stereocenters. The van der Waals surface area contributed by atoms with Crippen molar-refractivity contribution in [2.24, 2.45) is 0 Å². The first-order chi connectivity index (χ1) is 20.9. The van der Waals surface area contributed by atoms with Crippen LogP contribution in [0, 0.1) is 0 Å². The van der Waals surface area contributed by atoms with Gasteiger partial charge in [-0.3, -0.25) is 0 Å². The van der Waals surface area contributed by atoms with Gasteiger partial charge >= 0.3 is 0 Å². The Balaban J connectivity index is 1.48. The van der Waals surface area contributed by atoms with Crippen LogP contribution >= 0.6 is 0 Å². The summed E-state index contributed by atoms with van der Waals surface area (Å²) in [5, 5.41) is 0. The minimum absolute atomic E-state index is 0.0112. The zero-order valence-electron chi connectivity index (χ0n) is 25.4. The van der Waals surface area contributed by atoms with E-state index in [4.69, 9.17) is 0 Å². The van der Waals surface area contributed by atoms with E-state index in [2.05, 4.69) is 184 Å². The van der Waals surface area contributed by atoms with Crippen molar-refractivity contribution in [3.63, 3.8) is 0 Å². The van der Waals surface area contributed by atoms with Gasteiger partial charge in [0.05, 0.1) is 5.69 Å². The van der Waals surface area contributed by atoms with Crippen LogP contribution < -0.4 is 4.90 Å². The van der Waals surface area contributed by atoms with E-state index in [-0.39, 0.29) is 10.8 Å². The van der Waals surface area contributed by atoms with Crippen molar-refractivity contribution >= 4 is 17.1 Å². The fourth-order valence-electron chi connectivity index (χ4n) is 6.86. The lowest BCUT2D eigenvalue weighted by atomic mass is 9.55. The first-order valence-corrected chi connectivity index (χ1v) is 15.2. The zero-order valence-corrected chi connectivity index (χ0v) is 25.4. The van der Waals surface area contributed by atoms with Gasteiger partial charge in [0, 0.05) is 16.9 Å². The summed E-state index contributed by atoms with van der Waals surface area (Å²) in [5.41, 5.74) is 13.8. The number of para-hydroxylation sites is 2. The van der Waals surface area contributed by atoms with Crippen LogP contribution in [-0.4, -0.2) is 0 Å². The second-order valence-corrected chi connectivity index (χ2v) is 12.6. The fourth-order valence-corrected chi connectivity index (χ4v) is 6.86. The van der Waals surface area contributed by atoms with E-state index in [0.29, 0.717) is 0 Å². The summed E-state index contributed by atoms with van der Waals surface area (Å²) in [5.74, 6) is 0. The lowest BCUT2D eigenvalue weighted by Crippen LogP contribution is -2.43.